The summed E-state index contributed by atoms with van der Waals surface area (Å²) in [6.45, 7) is 5.19. The van der Waals surface area contributed by atoms with Gasteiger partial charge in [0.05, 0.1) is 22.8 Å². The Morgan fingerprint density at radius 1 is 1.04 bits per heavy atom. The molecule has 0 saturated carbocycles. The molecule has 0 bridgehead atoms. The third-order valence-corrected chi connectivity index (χ3v) is 5.73. The van der Waals surface area contributed by atoms with E-state index in [-0.39, 0.29) is 11.3 Å². The van der Waals surface area contributed by atoms with E-state index in [9.17, 15) is 18.3 Å². The van der Waals surface area contributed by atoms with Crippen molar-refractivity contribution in [2.24, 2.45) is 0 Å². The van der Waals surface area contributed by atoms with Crippen molar-refractivity contribution in [1.82, 2.24) is 5.32 Å². The Balaban J connectivity index is 2.18. The zero-order chi connectivity index (χ0) is 20.8. The largest absolute Gasteiger partial charge is 0.444 e. The summed E-state index contributed by atoms with van der Waals surface area (Å²) in [5.41, 5.74) is 0.155. The van der Waals surface area contributed by atoms with Crippen molar-refractivity contribution in [2.75, 3.05) is 5.75 Å². The highest BCUT2D eigenvalue weighted by Crippen LogP contribution is 2.15. The number of hydrogen-bond donors (Lipinski definition) is 2. The summed E-state index contributed by atoms with van der Waals surface area (Å²) < 4.78 is 30.5. The van der Waals surface area contributed by atoms with Gasteiger partial charge >= 0.3 is 6.09 Å². The molecule has 0 aliphatic heterocycles. The van der Waals surface area contributed by atoms with Crippen LogP contribution in [0.4, 0.5) is 4.79 Å². The van der Waals surface area contributed by atoms with E-state index >= 15 is 0 Å². The molecule has 0 aromatic heterocycles. The summed E-state index contributed by atoms with van der Waals surface area (Å²) in [6, 6.07) is 16.3. The average molecular weight is 406 g/mol. The van der Waals surface area contributed by atoms with Gasteiger partial charge in [-0.25, -0.2) is 13.2 Å². The topological polar surface area (TPSA) is 92.7 Å². The Morgan fingerprint density at radius 3 is 2.11 bits per heavy atom. The fourth-order valence-corrected chi connectivity index (χ4v) is 4.12. The lowest BCUT2D eigenvalue weighted by Gasteiger charge is -2.27. The molecular weight excluding hydrogens is 378 g/mol. The van der Waals surface area contributed by atoms with Crippen LogP contribution in [0.3, 0.4) is 0 Å². The van der Waals surface area contributed by atoms with Crippen LogP contribution in [0.5, 0.6) is 0 Å². The van der Waals surface area contributed by atoms with Gasteiger partial charge in [0.15, 0.2) is 9.84 Å². The number of carbonyl (C=O) groups excluding carboxylic acids is 1. The van der Waals surface area contributed by atoms with Crippen LogP contribution in [0.1, 0.15) is 26.3 Å². The first-order valence-electron chi connectivity index (χ1n) is 9.06. The molecule has 152 valence electrons. The predicted molar refractivity (Wildman–Crippen MR) is 108 cm³/mol. The van der Waals surface area contributed by atoms with Crippen molar-refractivity contribution in [3.8, 4) is 0 Å². The molecule has 0 unspecified atom stereocenters. The van der Waals surface area contributed by atoms with Crippen molar-refractivity contribution in [3.63, 3.8) is 0 Å². The number of hydrogen-bond acceptors (Lipinski definition) is 5. The summed E-state index contributed by atoms with van der Waals surface area (Å²) >= 11 is 0. The highest BCUT2D eigenvalue weighted by Gasteiger charge is 2.29. The van der Waals surface area contributed by atoms with E-state index in [4.69, 9.17) is 4.74 Å². The molecule has 0 aliphatic rings. The summed E-state index contributed by atoms with van der Waals surface area (Å²) in [6.07, 6.45) is -1.74. The summed E-state index contributed by atoms with van der Waals surface area (Å²) in [7, 11) is -3.71. The van der Waals surface area contributed by atoms with E-state index in [2.05, 4.69) is 5.32 Å². The zero-order valence-corrected chi connectivity index (χ0v) is 17.1. The Labute approximate surface area is 166 Å². The molecule has 2 rings (SSSR count). The fraction of sp³-hybridized carbons (Fsp3) is 0.381. The van der Waals surface area contributed by atoms with Gasteiger partial charge in [-0.1, -0.05) is 48.5 Å². The first-order valence-corrected chi connectivity index (χ1v) is 10.7. The summed E-state index contributed by atoms with van der Waals surface area (Å²) in [5, 5.41) is 13.3. The molecule has 28 heavy (non-hydrogen) atoms. The van der Waals surface area contributed by atoms with E-state index < -0.39 is 39.4 Å². The van der Waals surface area contributed by atoms with E-state index in [1.54, 1.807) is 39.0 Å². The van der Waals surface area contributed by atoms with E-state index in [1.807, 2.05) is 30.3 Å². The molecule has 0 fully saturated rings. The van der Waals surface area contributed by atoms with Crippen LogP contribution < -0.4 is 5.32 Å². The second-order valence-corrected chi connectivity index (χ2v) is 9.64. The molecule has 0 aliphatic carbocycles. The van der Waals surface area contributed by atoms with Gasteiger partial charge in [-0.05, 0) is 44.9 Å². The minimum absolute atomic E-state index is 0.129. The minimum Gasteiger partial charge on any atom is -0.444 e. The molecule has 0 spiro atoms. The maximum atomic E-state index is 12.6. The number of benzene rings is 2. The molecule has 2 N–H and O–H groups in total. The van der Waals surface area contributed by atoms with Crippen LogP contribution in [-0.4, -0.2) is 43.1 Å². The third kappa shape index (κ3) is 6.98. The average Bonchev–Trinajstić information content (AvgIpc) is 2.61. The van der Waals surface area contributed by atoms with Crippen LogP contribution in [-0.2, 0) is 21.0 Å². The van der Waals surface area contributed by atoms with E-state index in [0.717, 1.165) is 5.56 Å². The number of amides is 1. The number of carbonyl (C=O) groups is 1. The van der Waals surface area contributed by atoms with Crippen LogP contribution >= 0.6 is 0 Å². The summed E-state index contributed by atoms with van der Waals surface area (Å²) in [4.78, 5) is 12.3. The Hall–Kier alpha value is -2.38. The lowest BCUT2D eigenvalue weighted by molar-refractivity contribution is 0.0439. The van der Waals surface area contributed by atoms with Gasteiger partial charge in [0.1, 0.15) is 5.60 Å². The Kier molecular flexibility index (Phi) is 7.21. The van der Waals surface area contributed by atoms with Crippen molar-refractivity contribution in [1.29, 1.82) is 0 Å². The van der Waals surface area contributed by atoms with Crippen LogP contribution in [0.15, 0.2) is 65.6 Å². The third-order valence-electron chi connectivity index (χ3n) is 3.96. The maximum Gasteiger partial charge on any atom is 0.407 e. The first-order chi connectivity index (χ1) is 13.1. The standard InChI is InChI=1S/C21H27NO5S/c1-21(2,3)27-20(24)22-18(14-16-10-6-4-7-11-16)19(23)15-28(25,26)17-12-8-5-9-13-17/h4-13,18-19,23H,14-15H2,1-3H3,(H,22,24)/t18-,19+/m0/s1. The smallest absolute Gasteiger partial charge is 0.407 e. The molecule has 2 atom stereocenters. The maximum absolute atomic E-state index is 12.6. The number of rotatable bonds is 7. The van der Waals surface area contributed by atoms with Gasteiger partial charge in [-0.2, -0.15) is 0 Å². The molecule has 0 saturated heterocycles. The van der Waals surface area contributed by atoms with Gasteiger partial charge in [0.2, 0.25) is 0 Å². The Bertz CT molecular complexity index is 861. The predicted octanol–water partition coefficient (Wildman–Crippen LogP) is 2.96. The highest BCUT2D eigenvalue weighted by atomic mass is 32.2. The van der Waals surface area contributed by atoms with E-state index in [0.29, 0.717) is 0 Å². The quantitative estimate of drug-likeness (QED) is 0.739. The van der Waals surface area contributed by atoms with Gasteiger partial charge in [0, 0.05) is 0 Å². The number of ether oxygens (including phenoxy) is 1. The van der Waals surface area contributed by atoms with Crippen LogP contribution in [0, 0.1) is 0 Å². The second-order valence-electron chi connectivity index (χ2n) is 7.60. The van der Waals surface area contributed by atoms with Crippen molar-refractivity contribution in [2.45, 2.75) is 49.8 Å². The lowest BCUT2D eigenvalue weighted by Crippen LogP contribution is -2.49. The van der Waals surface area contributed by atoms with Gasteiger partial charge in [-0.15, -0.1) is 0 Å². The molecule has 0 radical (unpaired) electrons. The number of sulfone groups is 1. The van der Waals surface area contributed by atoms with Gasteiger partial charge in [-0.3, -0.25) is 0 Å². The Morgan fingerprint density at radius 2 is 1.57 bits per heavy atom. The monoisotopic (exact) mass is 405 g/mol. The fourth-order valence-electron chi connectivity index (χ4n) is 2.68. The number of nitrogens with one attached hydrogen (secondary N) is 1. The van der Waals surface area contributed by atoms with Crippen LogP contribution in [0.2, 0.25) is 0 Å². The second kappa shape index (κ2) is 9.21. The van der Waals surface area contributed by atoms with E-state index in [1.165, 1.54) is 12.1 Å². The molecular formula is C21H27NO5S. The molecule has 0 heterocycles. The van der Waals surface area contributed by atoms with Crippen LogP contribution in [0.25, 0.3) is 0 Å². The van der Waals surface area contributed by atoms with Crippen molar-refractivity contribution in [3.05, 3.63) is 66.2 Å². The highest BCUT2D eigenvalue weighted by molar-refractivity contribution is 7.91. The minimum atomic E-state index is -3.71. The molecule has 1 amide bonds. The molecule has 2 aromatic carbocycles. The SMILES string of the molecule is CC(C)(C)OC(=O)N[C@@H](Cc1ccccc1)[C@H](O)CS(=O)(=O)c1ccccc1. The van der Waals surface area contributed by atoms with Gasteiger partial charge in [0.25, 0.3) is 0 Å². The first kappa shape index (κ1) is 21.9. The molecule has 6 nitrogen and oxygen atoms in total. The number of alkyl carbamates (subject to hydrolysis) is 1. The molecule has 2 aromatic rings. The normalized spacial score (nSPS) is 14.1. The summed E-state index contributed by atoms with van der Waals surface area (Å²) in [5.74, 6) is -0.510. The number of aliphatic hydroxyl groups is 1. The van der Waals surface area contributed by atoms with Crippen molar-refractivity contribution < 1.29 is 23.1 Å². The number of aliphatic hydroxyl groups excluding tert-OH is 1. The lowest BCUT2D eigenvalue weighted by atomic mass is 10.0. The van der Waals surface area contributed by atoms with Gasteiger partial charge < -0.3 is 15.2 Å². The zero-order valence-electron chi connectivity index (χ0n) is 16.3. The molecule has 7 heteroatoms. The van der Waals surface area contributed by atoms with Crippen molar-refractivity contribution >= 4 is 15.9 Å².